The van der Waals surface area contributed by atoms with Gasteiger partial charge in [0, 0.05) is 10.7 Å². The van der Waals surface area contributed by atoms with E-state index in [1.165, 1.54) is 4.70 Å². The molecule has 0 saturated carbocycles. The quantitative estimate of drug-likeness (QED) is 0.381. The SMILES string of the molecule is CC(c1nnc(SCc2nc3ccccc3s2)n1-c1ccc(Cl)cc1)N(C)C. The summed E-state index contributed by atoms with van der Waals surface area (Å²) in [6.45, 7) is 2.12. The van der Waals surface area contributed by atoms with E-state index in [2.05, 4.69) is 32.7 Å². The molecule has 0 saturated heterocycles. The van der Waals surface area contributed by atoms with Crippen molar-refractivity contribution in [3.8, 4) is 5.69 Å². The summed E-state index contributed by atoms with van der Waals surface area (Å²) in [5.74, 6) is 1.65. The van der Waals surface area contributed by atoms with Crippen LogP contribution in [0.25, 0.3) is 15.9 Å². The van der Waals surface area contributed by atoms with Crippen molar-refractivity contribution in [2.75, 3.05) is 14.1 Å². The first-order chi connectivity index (χ1) is 13.5. The zero-order chi connectivity index (χ0) is 19.7. The monoisotopic (exact) mass is 429 g/mol. The van der Waals surface area contributed by atoms with Crippen molar-refractivity contribution in [2.45, 2.75) is 23.9 Å². The van der Waals surface area contributed by atoms with Gasteiger partial charge in [-0.25, -0.2) is 4.98 Å². The van der Waals surface area contributed by atoms with Gasteiger partial charge in [0.15, 0.2) is 11.0 Å². The zero-order valence-corrected chi connectivity index (χ0v) is 18.2. The largest absolute Gasteiger partial charge is 0.300 e. The van der Waals surface area contributed by atoms with Crippen molar-refractivity contribution in [3.63, 3.8) is 0 Å². The number of benzene rings is 2. The van der Waals surface area contributed by atoms with Gasteiger partial charge in [-0.3, -0.25) is 9.47 Å². The number of rotatable bonds is 6. The summed E-state index contributed by atoms with van der Waals surface area (Å²) < 4.78 is 3.32. The van der Waals surface area contributed by atoms with Crippen LogP contribution in [-0.2, 0) is 5.75 Å². The van der Waals surface area contributed by atoms with Crippen LogP contribution >= 0.6 is 34.7 Å². The Kier molecular flexibility index (Phi) is 5.68. The van der Waals surface area contributed by atoms with Crippen molar-refractivity contribution < 1.29 is 0 Å². The van der Waals surface area contributed by atoms with Crippen LogP contribution in [0.2, 0.25) is 5.02 Å². The van der Waals surface area contributed by atoms with E-state index in [9.17, 15) is 0 Å². The molecule has 0 N–H and O–H groups in total. The number of halogens is 1. The van der Waals surface area contributed by atoms with E-state index in [4.69, 9.17) is 16.6 Å². The molecule has 2 heterocycles. The Morgan fingerprint density at radius 2 is 1.86 bits per heavy atom. The van der Waals surface area contributed by atoms with Crippen molar-refractivity contribution in [1.29, 1.82) is 0 Å². The van der Waals surface area contributed by atoms with Gasteiger partial charge in [-0.1, -0.05) is 35.5 Å². The van der Waals surface area contributed by atoms with Crippen molar-refractivity contribution in [1.82, 2.24) is 24.6 Å². The molecular weight excluding hydrogens is 410 g/mol. The number of hydrogen-bond donors (Lipinski definition) is 0. The summed E-state index contributed by atoms with van der Waals surface area (Å²) >= 11 is 9.46. The Hall–Kier alpha value is -1.93. The number of thioether (sulfide) groups is 1. The second-order valence-electron chi connectivity index (χ2n) is 6.66. The third kappa shape index (κ3) is 3.93. The zero-order valence-electron chi connectivity index (χ0n) is 15.8. The molecule has 1 unspecified atom stereocenters. The number of para-hydroxylation sites is 1. The Balaban J connectivity index is 1.66. The topological polar surface area (TPSA) is 46.8 Å². The van der Waals surface area contributed by atoms with Gasteiger partial charge >= 0.3 is 0 Å². The van der Waals surface area contributed by atoms with E-state index >= 15 is 0 Å². The highest BCUT2D eigenvalue weighted by atomic mass is 35.5. The number of hydrogen-bond acceptors (Lipinski definition) is 6. The van der Waals surface area contributed by atoms with Crippen LogP contribution in [0, 0.1) is 0 Å². The Bertz CT molecular complexity index is 1050. The highest BCUT2D eigenvalue weighted by Crippen LogP contribution is 2.31. The van der Waals surface area contributed by atoms with E-state index in [0.717, 1.165) is 32.9 Å². The molecular formula is C20H20ClN5S2. The molecule has 2 aromatic carbocycles. The van der Waals surface area contributed by atoms with E-state index in [-0.39, 0.29) is 6.04 Å². The van der Waals surface area contributed by atoms with Gasteiger partial charge in [0.2, 0.25) is 0 Å². The van der Waals surface area contributed by atoms with Crippen LogP contribution < -0.4 is 0 Å². The summed E-state index contributed by atoms with van der Waals surface area (Å²) in [5.41, 5.74) is 2.05. The van der Waals surface area contributed by atoms with Gasteiger partial charge < -0.3 is 0 Å². The van der Waals surface area contributed by atoms with Crippen LogP contribution in [0.5, 0.6) is 0 Å². The minimum atomic E-state index is 0.125. The second kappa shape index (κ2) is 8.21. The van der Waals surface area contributed by atoms with Gasteiger partial charge in [-0.05, 0) is 57.4 Å². The molecule has 0 fully saturated rings. The average molecular weight is 430 g/mol. The standard InChI is InChI=1S/C20H20ClN5S2/c1-13(25(2)3)19-23-24-20(26(19)15-10-8-14(21)9-11-15)27-12-18-22-16-6-4-5-7-17(16)28-18/h4-11,13H,12H2,1-3H3. The van der Waals surface area contributed by atoms with Crippen LogP contribution in [0.1, 0.15) is 23.8 Å². The normalized spacial score (nSPS) is 12.8. The van der Waals surface area contributed by atoms with E-state index in [1.54, 1.807) is 23.1 Å². The van der Waals surface area contributed by atoms with Crippen molar-refractivity contribution >= 4 is 44.9 Å². The Morgan fingerprint density at radius 3 is 2.57 bits per heavy atom. The van der Waals surface area contributed by atoms with Crippen LogP contribution in [0.15, 0.2) is 53.7 Å². The first kappa shape index (κ1) is 19.4. The smallest absolute Gasteiger partial charge is 0.196 e. The molecule has 0 radical (unpaired) electrons. The third-order valence-electron chi connectivity index (χ3n) is 4.55. The van der Waals surface area contributed by atoms with Crippen LogP contribution in [-0.4, -0.2) is 38.7 Å². The number of thiazole rings is 1. The summed E-state index contributed by atoms with van der Waals surface area (Å²) in [6, 6.07) is 16.1. The minimum absolute atomic E-state index is 0.125. The predicted molar refractivity (Wildman–Crippen MR) is 118 cm³/mol. The summed E-state index contributed by atoms with van der Waals surface area (Å²) in [5, 5.41) is 11.6. The molecule has 4 rings (SSSR count). The van der Waals surface area contributed by atoms with Crippen molar-refractivity contribution in [3.05, 3.63) is 64.4 Å². The Labute approximate surface area is 177 Å². The molecule has 4 aromatic rings. The maximum Gasteiger partial charge on any atom is 0.196 e. The molecule has 0 bridgehead atoms. The summed E-state index contributed by atoms with van der Waals surface area (Å²) in [6.07, 6.45) is 0. The maximum atomic E-state index is 6.08. The molecule has 0 aliphatic rings. The summed E-state index contributed by atoms with van der Waals surface area (Å²) in [4.78, 5) is 6.85. The fraction of sp³-hybridized carbons (Fsp3) is 0.250. The fourth-order valence-electron chi connectivity index (χ4n) is 2.82. The van der Waals surface area contributed by atoms with Gasteiger partial charge in [0.25, 0.3) is 0 Å². The first-order valence-electron chi connectivity index (χ1n) is 8.88. The van der Waals surface area contributed by atoms with Gasteiger partial charge in [0.1, 0.15) is 5.01 Å². The highest BCUT2D eigenvalue weighted by Gasteiger charge is 2.21. The lowest BCUT2D eigenvalue weighted by molar-refractivity contribution is 0.305. The van der Waals surface area contributed by atoms with E-state index in [1.807, 2.05) is 56.6 Å². The molecule has 0 spiro atoms. The van der Waals surface area contributed by atoms with Crippen LogP contribution in [0.4, 0.5) is 0 Å². The van der Waals surface area contributed by atoms with E-state index in [0.29, 0.717) is 5.02 Å². The molecule has 0 aliphatic heterocycles. The fourth-order valence-corrected chi connectivity index (χ4v) is 4.86. The average Bonchev–Trinajstić information content (AvgIpc) is 3.30. The molecule has 0 amide bonds. The molecule has 0 aliphatic carbocycles. The number of aromatic nitrogens is 4. The summed E-state index contributed by atoms with van der Waals surface area (Å²) in [7, 11) is 4.08. The number of fused-ring (bicyclic) bond motifs is 1. The van der Waals surface area contributed by atoms with Gasteiger partial charge in [0.05, 0.1) is 22.0 Å². The maximum absolute atomic E-state index is 6.08. The molecule has 1 atom stereocenters. The lowest BCUT2D eigenvalue weighted by Gasteiger charge is -2.20. The lowest BCUT2D eigenvalue weighted by atomic mass is 10.2. The number of nitrogens with zero attached hydrogens (tertiary/aromatic N) is 5. The predicted octanol–water partition coefficient (Wildman–Crippen LogP) is 5.45. The third-order valence-corrected chi connectivity index (χ3v) is 6.97. The molecule has 5 nitrogen and oxygen atoms in total. The molecule has 2 aromatic heterocycles. The second-order valence-corrected chi connectivity index (χ2v) is 9.15. The highest BCUT2D eigenvalue weighted by molar-refractivity contribution is 7.98. The first-order valence-corrected chi connectivity index (χ1v) is 11.1. The minimum Gasteiger partial charge on any atom is -0.300 e. The molecule has 144 valence electrons. The molecule has 8 heteroatoms. The molecule has 28 heavy (non-hydrogen) atoms. The van der Waals surface area contributed by atoms with E-state index < -0.39 is 0 Å². The van der Waals surface area contributed by atoms with Crippen LogP contribution in [0.3, 0.4) is 0 Å². The van der Waals surface area contributed by atoms with Gasteiger partial charge in [-0.2, -0.15) is 0 Å². The lowest BCUT2D eigenvalue weighted by Crippen LogP contribution is -2.20. The van der Waals surface area contributed by atoms with Crippen molar-refractivity contribution in [2.24, 2.45) is 0 Å². The van der Waals surface area contributed by atoms with Gasteiger partial charge in [-0.15, -0.1) is 21.5 Å². The Morgan fingerprint density at radius 1 is 1.11 bits per heavy atom.